The number of carbonyl (C=O) groups excluding carboxylic acids is 1. The summed E-state index contributed by atoms with van der Waals surface area (Å²) in [5, 5.41) is 12.8. The standard InChI is InChI=1S/C28H34ClF2N5O6S2/c1-6-14(2)35-44(40,41)17-11-10-16(19(20(17)29)23(30)31)22-21(26(37)36-12-8-7-9-15(36)3)33-25(43-22)24-32-18(42-34-24)13-28(4,5)27(38)39/h10-11,14-15,23,35H,6-9,12-13H2,1-5H3,(H,38,39)/t14-,15+/m1/s1. The maximum atomic E-state index is 14.7. The van der Waals surface area contributed by atoms with Gasteiger partial charge in [0, 0.05) is 36.2 Å². The average molecular weight is 674 g/mol. The highest BCUT2D eigenvalue weighted by Gasteiger charge is 2.35. The smallest absolute Gasteiger partial charge is 0.309 e. The number of nitrogens with one attached hydrogen (secondary N) is 1. The zero-order valence-corrected chi connectivity index (χ0v) is 27.2. The van der Waals surface area contributed by atoms with E-state index in [1.54, 1.807) is 18.7 Å². The summed E-state index contributed by atoms with van der Waals surface area (Å²) in [6.45, 7) is 8.74. The van der Waals surface area contributed by atoms with Crippen LogP contribution in [0.15, 0.2) is 21.6 Å². The van der Waals surface area contributed by atoms with Crippen LogP contribution in [0.4, 0.5) is 8.78 Å². The van der Waals surface area contributed by atoms with E-state index in [0.717, 1.165) is 36.7 Å². The topological polar surface area (TPSA) is 156 Å². The van der Waals surface area contributed by atoms with Gasteiger partial charge in [-0.05, 0) is 59.4 Å². The molecule has 1 aromatic carbocycles. The molecular weight excluding hydrogens is 640 g/mol. The normalized spacial score (nSPS) is 16.8. The molecule has 0 spiro atoms. The average Bonchev–Trinajstić information content (AvgIpc) is 3.59. The van der Waals surface area contributed by atoms with Gasteiger partial charge >= 0.3 is 5.97 Å². The molecule has 1 amide bonds. The molecule has 1 aliphatic rings. The maximum absolute atomic E-state index is 14.7. The molecule has 16 heteroatoms. The number of rotatable bonds is 11. The van der Waals surface area contributed by atoms with Gasteiger partial charge in [-0.3, -0.25) is 9.59 Å². The van der Waals surface area contributed by atoms with Gasteiger partial charge in [-0.15, -0.1) is 11.3 Å². The molecule has 240 valence electrons. The van der Waals surface area contributed by atoms with Gasteiger partial charge in [-0.25, -0.2) is 26.9 Å². The summed E-state index contributed by atoms with van der Waals surface area (Å²) in [7, 11) is -4.24. The zero-order chi connectivity index (χ0) is 32.6. The summed E-state index contributed by atoms with van der Waals surface area (Å²) < 4.78 is 63.1. The molecule has 0 radical (unpaired) electrons. The second-order valence-electron chi connectivity index (χ2n) is 11.5. The van der Waals surface area contributed by atoms with Gasteiger partial charge in [0.1, 0.15) is 10.6 Å². The number of thiazole rings is 1. The number of alkyl halides is 2. The number of hydrogen-bond donors (Lipinski definition) is 2. The molecule has 0 aliphatic carbocycles. The number of carboxylic acid groups (broad SMARTS) is 1. The third kappa shape index (κ3) is 6.95. The van der Waals surface area contributed by atoms with Crippen LogP contribution < -0.4 is 4.72 Å². The largest absolute Gasteiger partial charge is 0.481 e. The van der Waals surface area contributed by atoms with E-state index in [0.29, 0.717) is 13.0 Å². The number of amides is 1. The van der Waals surface area contributed by atoms with E-state index in [-0.39, 0.29) is 45.3 Å². The number of piperidine rings is 1. The number of carboxylic acids is 1. The molecule has 2 N–H and O–H groups in total. The number of benzene rings is 1. The Hall–Kier alpha value is -3.01. The first-order valence-electron chi connectivity index (χ1n) is 14.1. The van der Waals surface area contributed by atoms with Gasteiger partial charge in [0.2, 0.25) is 21.7 Å². The van der Waals surface area contributed by atoms with Crippen molar-refractivity contribution in [1.29, 1.82) is 0 Å². The van der Waals surface area contributed by atoms with Gasteiger partial charge in [0.25, 0.3) is 12.3 Å². The molecule has 3 heterocycles. The van der Waals surface area contributed by atoms with Crippen molar-refractivity contribution in [2.24, 2.45) is 5.41 Å². The zero-order valence-electron chi connectivity index (χ0n) is 24.9. The van der Waals surface area contributed by atoms with Crippen molar-refractivity contribution in [3.8, 4) is 21.3 Å². The Morgan fingerprint density at radius 2 is 1.98 bits per heavy atom. The Bertz CT molecular complexity index is 1660. The molecule has 1 aliphatic heterocycles. The Morgan fingerprint density at radius 1 is 1.27 bits per heavy atom. The van der Waals surface area contributed by atoms with Crippen molar-refractivity contribution in [2.45, 2.75) is 90.1 Å². The summed E-state index contributed by atoms with van der Waals surface area (Å²) in [5.74, 6) is -1.60. The van der Waals surface area contributed by atoms with Crippen LogP contribution in [0.25, 0.3) is 21.3 Å². The van der Waals surface area contributed by atoms with Crippen LogP contribution in [-0.2, 0) is 21.2 Å². The monoisotopic (exact) mass is 673 g/mol. The molecule has 3 aromatic rings. The molecule has 2 aromatic heterocycles. The molecule has 0 bridgehead atoms. The lowest BCUT2D eigenvalue weighted by Crippen LogP contribution is -2.42. The van der Waals surface area contributed by atoms with E-state index < -0.39 is 55.3 Å². The van der Waals surface area contributed by atoms with Crippen LogP contribution in [0, 0.1) is 5.41 Å². The fourth-order valence-electron chi connectivity index (χ4n) is 4.75. The molecule has 0 saturated carbocycles. The van der Waals surface area contributed by atoms with E-state index in [1.165, 1.54) is 19.9 Å². The quantitative estimate of drug-likeness (QED) is 0.242. The Kier molecular flexibility index (Phi) is 10.1. The van der Waals surface area contributed by atoms with Crippen molar-refractivity contribution in [1.82, 2.24) is 24.7 Å². The van der Waals surface area contributed by atoms with Crippen LogP contribution in [0.2, 0.25) is 5.02 Å². The molecule has 44 heavy (non-hydrogen) atoms. The minimum absolute atomic E-state index is 0.0151. The Balaban J connectivity index is 1.88. The van der Waals surface area contributed by atoms with Gasteiger partial charge in [0.15, 0.2) is 5.01 Å². The summed E-state index contributed by atoms with van der Waals surface area (Å²) in [5.41, 5.74) is -2.26. The van der Waals surface area contributed by atoms with Crippen LogP contribution in [-0.4, -0.2) is 64.1 Å². The first-order valence-corrected chi connectivity index (χ1v) is 16.8. The van der Waals surface area contributed by atoms with Gasteiger partial charge in [-0.2, -0.15) is 4.98 Å². The van der Waals surface area contributed by atoms with Crippen molar-refractivity contribution in [3.63, 3.8) is 0 Å². The second kappa shape index (κ2) is 13.2. The SMILES string of the molecule is CC[C@@H](C)NS(=O)(=O)c1ccc(-c2sc(-c3noc(CC(C)(C)C(=O)O)n3)nc2C(=O)N2CCCC[C@@H]2C)c(C(F)F)c1Cl. The third-order valence-corrected chi connectivity index (χ3v) is 10.8. The number of hydrogen-bond acceptors (Lipinski definition) is 9. The molecule has 0 unspecified atom stereocenters. The number of carbonyl (C=O) groups is 2. The third-order valence-electron chi connectivity index (χ3n) is 7.59. The Morgan fingerprint density at radius 3 is 2.59 bits per heavy atom. The predicted octanol–water partition coefficient (Wildman–Crippen LogP) is 6.20. The van der Waals surface area contributed by atoms with Gasteiger partial charge in [-0.1, -0.05) is 29.7 Å². The Labute approximate surface area is 263 Å². The number of halogens is 3. The molecule has 4 rings (SSSR count). The maximum Gasteiger partial charge on any atom is 0.309 e. The molecule has 11 nitrogen and oxygen atoms in total. The first-order chi connectivity index (χ1) is 20.6. The van der Waals surface area contributed by atoms with Crippen molar-refractivity contribution < 1.29 is 36.4 Å². The molecule has 2 atom stereocenters. The van der Waals surface area contributed by atoms with E-state index in [4.69, 9.17) is 16.1 Å². The summed E-state index contributed by atoms with van der Waals surface area (Å²) in [4.78, 5) is 35.3. The van der Waals surface area contributed by atoms with Crippen LogP contribution >= 0.6 is 22.9 Å². The van der Waals surface area contributed by atoms with E-state index in [1.807, 2.05) is 6.92 Å². The van der Waals surface area contributed by atoms with Gasteiger partial charge in [0.05, 0.1) is 15.3 Å². The molecular formula is C28H34ClF2N5O6S2. The lowest BCUT2D eigenvalue weighted by molar-refractivity contribution is -0.147. The van der Waals surface area contributed by atoms with Crippen molar-refractivity contribution in [2.75, 3.05) is 6.54 Å². The molecule has 1 saturated heterocycles. The lowest BCUT2D eigenvalue weighted by atomic mass is 9.90. The summed E-state index contributed by atoms with van der Waals surface area (Å²) >= 11 is 7.24. The molecule has 1 fully saturated rings. The van der Waals surface area contributed by atoms with E-state index >= 15 is 0 Å². The summed E-state index contributed by atoms with van der Waals surface area (Å²) in [6, 6.07) is 1.74. The van der Waals surface area contributed by atoms with Crippen LogP contribution in [0.3, 0.4) is 0 Å². The van der Waals surface area contributed by atoms with Crippen molar-refractivity contribution >= 4 is 44.8 Å². The highest BCUT2D eigenvalue weighted by Crippen LogP contribution is 2.44. The number of sulfonamides is 1. The summed E-state index contributed by atoms with van der Waals surface area (Å²) in [6.07, 6.45) is -0.365. The van der Waals surface area contributed by atoms with Crippen LogP contribution in [0.5, 0.6) is 0 Å². The number of nitrogens with zero attached hydrogens (tertiary/aromatic N) is 4. The predicted molar refractivity (Wildman–Crippen MR) is 160 cm³/mol. The second-order valence-corrected chi connectivity index (χ2v) is 14.5. The van der Waals surface area contributed by atoms with Crippen LogP contribution in [0.1, 0.15) is 88.7 Å². The van der Waals surface area contributed by atoms with Gasteiger partial charge < -0.3 is 14.5 Å². The highest BCUT2D eigenvalue weighted by atomic mass is 35.5. The fraction of sp³-hybridized carbons (Fsp3) is 0.536. The number of likely N-dealkylation sites (tertiary alicyclic amines) is 1. The van der Waals surface area contributed by atoms with Crippen molar-refractivity contribution in [3.05, 3.63) is 34.3 Å². The minimum Gasteiger partial charge on any atom is -0.481 e. The van der Waals surface area contributed by atoms with E-state index in [9.17, 15) is 31.9 Å². The minimum atomic E-state index is -4.24. The lowest BCUT2D eigenvalue weighted by Gasteiger charge is -2.33. The number of aliphatic carboxylic acids is 1. The first kappa shape index (κ1) is 33.9. The fourth-order valence-corrected chi connectivity index (χ4v) is 7.74. The highest BCUT2D eigenvalue weighted by molar-refractivity contribution is 7.89. The van der Waals surface area contributed by atoms with E-state index in [2.05, 4.69) is 19.8 Å². The number of aromatic nitrogens is 3.